The molecule has 0 aliphatic carbocycles. The van der Waals surface area contributed by atoms with Crippen LogP contribution in [0, 0.1) is 11.8 Å². The quantitative estimate of drug-likeness (QED) is 0.0170. The summed E-state index contributed by atoms with van der Waals surface area (Å²) in [6.07, 6.45) is -0.926. The summed E-state index contributed by atoms with van der Waals surface area (Å²) >= 11 is 1.32. The van der Waals surface area contributed by atoms with Crippen LogP contribution in [0.2, 0.25) is 0 Å². The number of aliphatic hydroxyl groups is 4. The summed E-state index contributed by atoms with van der Waals surface area (Å²) in [7, 11) is 0. The lowest BCUT2D eigenvalue weighted by Gasteiger charge is -2.34. The zero-order chi connectivity index (χ0) is 71.0. The van der Waals surface area contributed by atoms with Gasteiger partial charge in [-0.2, -0.15) is 11.8 Å². The van der Waals surface area contributed by atoms with E-state index in [0.717, 1.165) is 0 Å². The summed E-state index contributed by atoms with van der Waals surface area (Å²) in [5.74, 6) is -10.8. The van der Waals surface area contributed by atoms with Crippen molar-refractivity contribution in [2.75, 3.05) is 44.8 Å². The molecule has 0 bridgehead atoms. The van der Waals surface area contributed by atoms with Gasteiger partial charge in [-0.15, -0.1) is 0 Å². The van der Waals surface area contributed by atoms with Crippen LogP contribution in [0.3, 0.4) is 0 Å². The Hall–Kier alpha value is -7.72. The lowest BCUT2D eigenvalue weighted by atomic mass is 10.0. The zero-order valence-corrected chi connectivity index (χ0v) is 56.3. The maximum absolute atomic E-state index is 14.6. The van der Waals surface area contributed by atoms with Gasteiger partial charge in [0.25, 0.3) is 0 Å². The molecule has 33 heteroatoms. The Kier molecular flexibility index (Phi) is 32.5. The fourth-order valence-corrected chi connectivity index (χ4v) is 12.0. The standard InChI is InChI=1S/C62H101N15O17S/c1-32(2)28-40(53(85)74-49(36(7)81)61(93)94)69-50(82)38(18-12-23-66-62(64)65)67-52(84)41(30-37-16-10-9-11-17-37)70-51(83)39(22-27-95-8)68-57(89)48(35(6)80)73-56(88)45-20-13-24-75(45)59(91)46-21-15-26-77(46)58(90)42(29-33(3)4)71-54(86)43(31-78)72-55(87)44-19-14-25-76(44)60(92)47(63)34(5)79/h9-11,16-17,32-36,38-49,78-81H,12-15,18-31,63H2,1-8H3,(H,67,84)(H,68,89)(H,69,82)(H,70,83)(H,71,86)(H,72,87)(H,73,88)(H,74,85)(H,93,94)(H4,64,65,66)/t34-,35-,36-,38+,39+,40+,41+,42+,43+,44+,45+,46+,47+,48+,49+/m1/s1. The first-order valence-electron chi connectivity index (χ1n) is 32.4. The normalized spacial score (nSPS) is 20.0. The fraction of sp³-hybridized carbons (Fsp3) is 0.694. The summed E-state index contributed by atoms with van der Waals surface area (Å²) in [5.41, 5.74) is 17.5. The minimum Gasteiger partial charge on any atom is -0.480 e. The summed E-state index contributed by atoms with van der Waals surface area (Å²) in [4.78, 5) is 175. The molecule has 532 valence electrons. The van der Waals surface area contributed by atoms with E-state index >= 15 is 0 Å². The number of amides is 11. The number of likely N-dealkylation sites (tertiary alicyclic amines) is 3. The van der Waals surface area contributed by atoms with E-state index in [0.29, 0.717) is 24.8 Å². The number of hydrogen-bond donors (Lipinski definition) is 16. The topological polar surface area (TPSA) is 502 Å². The smallest absolute Gasteiger partial charge is 0.328 e. The van der Waals surface area contributed by atoms with E-state index in [1.807, 2.05) is 0 Å². The molecule has 3 fully saturated rings. The molecular weight excluding hydrogens is 1260 g/mol. The zero-order valence-electron chi connectivity index (χ0n) is 55.5. The van der Waals surface area contributed by atoms with Gasteiger partial charge >= 0.3 is 5.97 Å². The molecule has 0 unspecified atom stereocenters. The highest BCUT2D eigenvalue weighted by molar-refractivity contribution is 7.98. The SMILES string of the molecule is CSCC[C@H](NC(=O)[C@@H](NC(=O)[C@@H]1CCCN1C(=O)[C@@H]1CCCN1C(=O)[C@H](CC(C)C)NC(=O)[C@H](CO)NC(=O)[C@@H]1CCCN1C(=O)[C@@H](N)[C@@H](C)O)[C@@H](C)O)C(=O)N[C@@H](Cc1ccccc1)C(=O)N[C@@H](CCCN=C(N)N)C(=O)N[C@@H](CC(C)C)C(=O)N[C@H](C(=O)O)[C@@H](C)O. The van der Waals surface area contributed by atoms with Crippen molar-refractivity contribution in [3.8, 4) is 0 Å². The molecule has 1 aromatic rings. The average Bonchev–Trinajstić information content (AvgIpc) is 1.71. The number of aliphatic imine (C=N–C) groups is 1. The van der Waals surface area contributed by atoms with Crippen molar-refractivity contribution in [3.05, 3.63) is 35.9 Å². The lowest BCUT2D eigenvalue weighted by Crippen LogP contribution is -2.62. The predicted molar refractivity (Wildman–Crippen MR) is 349 cm³/mol. The van der Waals surface area contributed by atoms with Crippen LogP contribution in [-0.2, 0) is 64.0 Å². The Morgan fingerprint density at radius 2 is 1.01 bits per heavy atom. The van der Waals surface area contributed by atoms with Crippen molar-refractivity contribution < 1.29 is 83.1 Å². The average molecular weight is 1360 g/mol. The molecule has 1 aromatic carbocycles. The van der Waals surface area contributed by atoms with Gasteiger partial charge in [-0.3, -0.25) is 57.7 Å². The van der Waals surface area contributed by atoms with Gasteiger partial charge in [0.2, 0.25) is 65.0 Å². The van der Waals surface area contributed by atoms with E-state index in [2.05, 4.69) is 47.5 Å². The molecule has 0 aromatic heterocycles. The van der Waals surface area contributed by atoms with E-state index in [1.54, 1.807) is 64.3 Å². The number of guanidine groups is 1. The van der Waals surface area contributed by atoms with Gasteiger partial charge in [0.1, 0.15) is 66.5 Å². The van der Waals surface area contributed by atoms with Gasteiger partial charge in [0, 0.05) is 32.6 Å². The summed E-state index contributed by atoms with van der Waals surface area (Å²) in [5, 5.41) is 71.6. The minimum atomic E-state index is -1.72. The van der Waals surface area contributed by atoms with E-state index in [9.17, 15) is 83.1 Å². The third-order valence-electron chi connectivity index (χ3n) is 16.6. The molecule has 0 saturated carbocycles. The van der Waals surface area contributed by atoms with Crippen LogP contribution in [0.4, 0.5) is 0 Å². The van der Waals surface area contributed by atoms with Crippen molar-refractivity contribution in [1.29, 1.82) is 0 Å². The molecule has 3 aliphatic heterocycles. The van der Waals surface area contributed by atoms with Gasteiger partial charge in [-0.05, 0) is 121 Å². The van der Waals surface area contributed by atoms with E-state index in [1.165, 1.54) is 47.2 Å². The van der Waals surface area contributed by atoms with Gasteiger partial charge < -0.3 is 100.0 Å². The molecule has 15 atom stereocenters. The summed E-state index contributed by atoms with van der Waals surface area (Å²) in [6.45, 7) is 10.3. The van der Waals surface area contributed by atoms with Gasteiger partial charge in [0.15, 0.2) is 12.0 Å². The largest absolute Gasteiger partial charge is 0.480 e. The first-order chi connectivity index (χ1) is 44.8. The van der Waals surface area contributed by atoms with E-state index in [4.69, 9.17) is 17.2 Å². The number of rotatable bonds is 37. The van der Waals surface area contributed by atoms with Crippen molar-refractivity contribution in [2.24, 2.45) is 34.0 Å². The molecule has 4 rings (SSSR count). The Labute approximate surface area is 557 Å². The number of hydrogen-bond acceptors (Lipinski definition) is 19. The molecule has 95 heavy (non-hydrogen) atoms. The molecule has 19 N–H and O–H groups in total. The van der Waals surface area contributed by atoms with Gasteiger partial charge in [-0.1, -0.05) is 58.0 Å². The monoisotopic (exact) mass is 1360 g/mol. The molecular formula is C62H101N15O17S. The van der Waals surface area contributed by atoms with Crippen molar-refractivity contribution in [1.82, 2.24) is 57.2 Å². The van der Waals surface area contributed by atoms with Crippen LogP contribution >= 0.6 is 11.8 Å². The lowest BCUT2D eigenvalue weighted by molar-refractivity contribution is -0.148. The van der Waals surface area contributed by atoms with E-state index < -0.39 is 168 Å². The van der Waals surface area contributed by atoms with Crippen LogP contribution < -0.4 is 59.7 Å². The maximum atomic E-state index is 14.6. The Morgan fingerprint density at radius 3 is 1.55 bits per heavy atom. The predicted octanol–water partition coefficient (Wildman–Crippen LogP) is -4.47. The molecule has 3 saturated heterocycles. The second-order valence-electron chi connectivity index (χ2n) is 25.4. The number of nitrogens with one attached hydrogen (secondary N) is 8. The number of thioether (sulfide) groups is 1. The highest BCUT2D eigenvalue weighted by Gasteiger charge is 2.46. The molecule has 32 nitrogen and oxygen atoms in total. The van der Waals surface area contributed by atoms with Crippen LogP contribution in [0.15, 0.2) is 35.3 Å². The van der Waals surface area contributed by atoms with Crippen molar-refractivity contribution >= 4 is 88.7 Å². The summed E-state index contributed by atoms with van der Waals surface area (Å²) in [6, 6.07) is -7.94. The number of nitrogens with zero attached hydrogens (tertiary/aromatic N) is 4. The number of carbonyl (C=O) groups is 12. The third kappa shape index (κ3) is 24.2. The second kappa shape index (κ2) is 38.7. The Bertz CT molecular complexity index is 2830. The minimum absolute atomic E-state index is 0.0137. The van der Waals surface area contributed by atoms with Crippen LogP contribution in [-0.4, -0.2) is 253 Å². The van der Waals surface area contributed by atoms with Gasteiger partial charge in [0.05, 0.1) is 24.9 Å². The third-order valence-corrected chi connectivity index (χ3v) is 17.3. The number of benzene rings is 1. The molecule has 0 radical (unpaired) electrons. The van der Waals surface area contributed by atoms with Gasteiger partial charge in [-0.25, -0.2) is 4.79 Å². The van der Waals surface area contributed by atoms with Crippen LogP contribution in [0.25, 0.3) is 0 Å². The fourth-order valence-electron chi connectivity index (χ4n) is 11.5. The second-order valence-corrected chi connectivity index (χ2v) is 26.3. The Balaban J connectivity index is 1.53. The number of carboxylic acids is 1. The molecule has 11 amide bonds. The van der Waals surface area contributed by atoms with Crippen LogP contribution in [0.1, 0.15) is 125 Å². The van der Waals surface area contributed by atoms with Crippen molar-refractivity contribution in [2.45, 2.75) is 216 Å². The first-order valence-corrected chi connectivity index (χ1v) is 33.8. The highest BCUT2D eigenvalue weighted by atomic mass is 32.2. The number of aliphatic carboxylic acids is 1. The first kappa shape index (κ1) is 79.7. The molecule has 0 spiro atoms. The number of carboxylic acid groups (broad SMARTS) is 1. The number of nitrogens with two attached hydrogens (primary N) is 3. The Morgan fingerprint density at radius 1 is 0.547 bits per heavy atom. The maximum Gasteiger partial charge on any atom is 0.328 e. The summed E-state index contributed by atoms with van der Waals surface area (Å²) < 4.78 is 0. The van der Waals surface area contributed by atoms with Crippen molar-refractivity contribution in [3.63, 3.8) is 0 Å². The highest BCUT2D eigenvalue weighted by Crippen LogP contribution is 2.27. The van der Waals surface area contributed by atoms with Crippen LogP contribution in [0.5, 0.6) is 0 Å². The van der Waals surface area contributed by atoms with E-state index in [-0.39, 0.29) is 108 Å². The molecule has 3 heterocycles. The number of carbonyl (C=O) groups excluding carboxylic acids is 11. The molecule has 3 aliphatic rings. The number of aliphatic hydroxyl groups excluding tert-OH is 4.